The fraction of sp³-hybridized carbons (Fsp3) is 0.0625. The number of nitrogens with two attached hydrogens (primary N) is 1. The lowest BCUT2D eigenvalue weighted by molar-refractivity contribution is 0.100. The van der Waals surface area contributed by atoms with E-state index in [0.717, 1.165) is 10.9 Å². The molecule has 0 bridgehead atoms. The number of nitrogens with zero attached hydrogens (tertiary/aromatic N) is 2. The number of benzene rings is 1. The van der Waals surface area contributed by atoms with Crippen LogP contribution in [0.1, 0.15) is 10.4 Å². The number of hydrogen-bond acceptors (Lipinski definition) is 3. The van der Waals surface area contributed by atoms with Crippen LogP contribution in [0.25, 0.3) is 22.2 Å². The van der Waals surface area contributed by atoms with E-state index in [1.165, 1.54) is 16.7 Å². The van der Waals surface area contributed by atoms with Crippen LogP contribution in [0.15, 0.2) is 47.3 Å². The molecular weight excluding hydrogens is 302 g/mol. The van der Waals surface area contributed by atoms with Gasteiger partial charge < -0.3 is 10.3 Å². The molecule has 0 spiro atoms. The van der Waals surface area contributed by atoms with Crippen LogP contribution in [0.2, 0.25) is 5.15 Å². The van der Waals surface area contributed by atoms with Crippen molar-refractivity contribution in [3.63, 3.8) is 0 Å². The Bertz CT molecular complexity index is 963. The standard InChI is InChI=1S/C16H12ClN3O2/c1-20-14(21)7-4-11(16(18)22)15(20)10-2-5-12-9(8-10)3-6-13(17)19-12/h2-8H,1H3,(H2,18,22). The predicted molar refractivity (Wildman–Crippen MR) is 85.9 cm³/mol. The van der Waals surface area contributed by atoms with Crippen molar-refractivity contribution >= 4 is 28.4 Å². The van der Waals surface area contributed by atoms with Crippen molar-refractivity contribution in [1.29, 1.82) is 0 Å². The number of amides is 1. The van der Waals surface area contributed by atoms with E-state index in [2.05, 4.69) is 4.98 Å². The molecule has 0 radical (unpaired) electrons. The summed E-state index contributed by atoms with van der Waals surface area (Å²) in [5.41, 5.74) is 7.43. The zero-order valence-electron chi connectivity index (χ0n) is 11.7. The number of fused-ring (bicyclic) bond motifs is 1. The van der Waals surface area contributed by atoms with Crippen LogP contribution >= 0.6 is 11.6 Å². The number of primary amides is 1. The summed E-state index contributed by atoms with van der Waals surface area (Å²) < 4.78 is 1.41. The van der Waals surface area contributed by atoms with Gasteiger partial charge in [0.05, 0.1) is 16.8 Å². The molecule has 0 aliphatic carbocycles. The number of carbonyl (C=O) groups is 1. The molecule has 3 aromatic rings. The summed E-state index contributed by atoms with van der Waals surface area (Å²) in [6.07, 6.45) is 0. The molecule has 3 rings (SSSR count). The molecule has 2 heterocycles. The van der Waals surface area contributed by atoms with Gasteiger partial charge in [-0.3, -0.25) is 9.59 Å². The van der Waals surface area contributed by atoms with Crippen LogP contribution in [-0.4, -0.2) is 15.5 Å². The largest absolute Gasteiger partial charge is 0.366 e. The maximum atomic E-state index is 11.9. The van der Waals surface area contributed by atoms with E-state index >= 15 is 0 Å². The number of carbonyl (C=O) groups excluding carboxylic acids is 1. The van der Waals surface area contributed by atoms with Crippen LogP contribution in [0, 0.1) is 0 Å². The smallest absolute Gasteiger partial charge is 0.250 e. The lowest BCUT2D eigenvalue weighted by atomic mass is 10.0. The van der Waals surface area contributed by atoms with Crippen molar-refractivity contribution in [2.75, 3.05) is 0 Å². The van der Waals surface area contributed by atoms with Gasteiger partial charge in [-0.2, -0.15) is 0 Å². The molecule has 0 atom stereocenters. The molecule has 1 amide bonds. The van der Waals surface area contributed by atoms with E-state index in [9.17, 15) is 9.59 Å². The number of pyridine rings is 2. The molecule has 5 nitrogen and oxygen atoms in total. The minimum Gasteiger partial charge on any atom is -0.366 e. The number of hydrogen-bond donors (Lipinski definition) is 1. The van der Waals surface area contributed by atoms with Crippen LogP contribution in [0.3, 0.4) is 0 Å². The molecule has 0 fully saturated rings. The first-order valence-electron chi connectivity index (χ1n) is 6.54. The second kappa shape index (κ2) is 5.27. The average molecular weight is 314 g/mol. The van der Waals surface area contributed by atoms with Gasteiger partial charge in [-0.05, 0) is 35.9 Å². The Kier molecular flexibility index (Phi) is 3.42. The predicted octanol–water partition coefficient (Wildman–Crippen LogP) is 2.35. The summed E-state index contributed by atoms with van der Waals surface area (Å²) in [5, 5.41) is 1.26. The number of halogens is 1. The first-order valence-corrected chi connectivity index (χ1v) is 6.91. The molecule has 22 heavy (non-hydrogen) atoms. The van der Waals surface area contributed by atoms with Gasteiger partial charge in [0.1, 0.15) is 5.15 Å². The van der Waals surface area contributed by atoms with Crippen molar-refractivity contribution in [2.45, 2.75) is 0 Å². The van der Waals surface area contributed by atoms with Crippen molar-refractivity contribution in [3.05, 3.63) is 63.5 Å². The lowest BCUT2D eigenvalue weighted by Crippen LogP contribution is -2.23. The van der Waals surface area contributed by atoms with Gasteiger partial charge in [0.2, 0.25) is 0 Å². The molecule has 0 aliphatic rings. The summed E-state index contributed by atoms with van der Waals surface area (Å²) in [5.74, 6) is -0.583. The van der Waals surface area contributed by atoms with Crippen molar-refractivity contribution < 1.29 is 4.79 Å². The third-order valence-corrected chi connectivity index (χ3v) is 3.72. The molecular formula is C16H12ClN3O2. The van der Waals surface area contributed by atoms with Gasteiger partial charge in [-0.25, -0.2) is 4.98 Å². The van der Waals surface area contributed by atoms with Gasteiger partial charge >= 0.3 is 0 Å². The van der Waals surface area contributed by atoms with Gasteiger partial charge in [-0.1, -0.05) is 17.7 Å². The minimum absolute atomic E-state index is 0.214. The Balaban J connectivity index is 2.31. The molecule has 110 valence electrons. The minimum atomic E-state index is -0.583. The van der Waals surface area contributed by atoms with E-state index < -0.39 is 5.91 Å². The third-order valence-electron chi connectivity index (χ3n) is 3.51. The summed E-state index contributed by atoms with van der Waals surface area (Å²) in [7, 11) is 1.61. The van der Waals surface area contributed by atoms with Gasteiger partial charge in [-0.15, -0.1) is 0 Å². The van der Waals surface area contributed by atoms with Crippen LogP contribution in [-0.2, 0) is 7.05 Å². The van der Waals surface area contributed by atoms with E-state index in [1.54, 1.807) is 25.2 Å². The first kappa shape index (κ1) is 14.3. The first-order chi connectivity index (χ1) is 10.5. The summed E-state index contributed by atoms with van der Waals surface area (Å²) >= 11 is 5.87. The van der Waals surface area contributed by atoms with E-state index in [4.69, 9.17) is 17.3 Å². The SMILES string of the molecule is Cn1c(-c2ccc3nc(Cl)ccc3c2)c(C(N)=O)ccc1=O. The van der Waals surface area contributed by atoms with Crippen LogP contribution in [0.4, 0.5) is 0 Å². The molecule has 2 N–H and O–H groups in total. The molecule has 0 saturated carbocycles. The van der Waals surface area contributed by atoms with E-state index in [-0.39, 0.29) is 5.56 Å². The Labute approximate surface area is 131 Å². The van der Waals surface area contributed by atoms with E-state index in [0.29, 0.717) is 22.0 Å². The highest BCUT2D eigenvalue weighted by molar-refractivity contribution is 6.29. The topological polar surface area (TPSA) is 78.0 Å². The monoisotopic (exact) mass is 313 g/mol. The van der Waals surface area contributed by atoms with Crippen molar-refractivity contribution in [2.24, 2.45) is 12.8 Å². The highest BCUT2D eigenvalue weighted by Gasteiger charge is 2.14. The summed E-state index contributed by atoms with van der Waals surface area (Å²) in [4.78, 5) is 27.7. The molecule has 0 saturated heterocycles. The quantitative estimate of drug-likeness (QED) is 0.738. The summed E-state index contributed by atoms with van der Waals surface area (Å²) in [6.45, 7) is 0. The van der Waals surface area contributed by atoms with Crippen molar-refractivity contribution in [1.82, 2.24) is 9.55 Å². The normalized spacial score (nSPS) is 10.8. The Morgan fingerprint density at radius 2 is 1.95 bits per heavy atom. The second-order valence-corrected chi connectivity index (χ2v) is 5.29. The fourth-order valence-corrected chi connectivity index (χ4v) is 2.59. The van der Waals surface area contributed by atoms with Gasteiger partial charge in [0, 0.05) is 18.5 Å². The zero-order chi connectivity index (χ0) is 15.9. The Morgan fingerprint density at radius 3 is 2.68 bits per heavy atom. The van der Waals surface area contributed by atoms with Gasteiger partial charge in [0.15, 0.2) is 0 Å². The maximum absolute atomic E-state index is 11.9. The average Bonchev–Trinajstić information content (AvgIpc) is 2.49. The number of rotatable bonds is 2. The molecule has 1 aromatic carbocycles. The molecule has 6 heteroatoms. The number of aromatic nitrogens is 2. The van der Waals surface area contributed by atoms with Crippen LogP contribution < -0.4 is 11.3 Å². The maximum Gasteiger partial charge on any atom is 0.250 e. The van der Waals surface area contributed by atoms with Crippen molar-refractivity contribution in [3.8, 4) is 11.3 Å². The highest BCUT2D eigenvalue weighted by atomic mass is 35.5. The molecule has 2 aromatic heterocycles. The lowest BCUT2D eigenvalue weighted by Gasteiger charge is -2.12. The third kappa shape index (κ3) is 2.35. The molecule has 0 unspecified atom stereocenters. The Morgan fingerprint density at radius 1 is 1.18 bits per heavy atom. The zero-order valence-corrected chi connectivity index (χ0v) is 12.5. The Hall–Kier alpha value is -2.66. The fourth-order valence-electron chi connectivity index (χ4n) is 2.43. The molecule has 0 aliphatic heterocycles. The van der Waals surface area contributed by atoms with Gasteiger partial charge in [0.25, 0.3) is 11.5 Å². The second-order valence-electron chi connectivity index (χ2n) is 4.90. The van der Waals surface area contributed by atoms with E-state index in [1.807, 2.05) is 12.1 Å². The highest BCUT2D eigenvalue weighted by Crippen LogP contribution is 2.26. The summed E-state index contributed by atoms with van der Waals surface area (Å²) in [6, 6.07) is 11.7. The van der Waals surface area contributed by atoms with Crippen LogP contribution in [0.5, 0.6) is 0 Å².